The highest BCUT2D eigenvalue weighted by molar-refractivity contribution is 7.89. The molecule has 0 radical (unpaired) electrons. The van der Waals surface area contributed by atoms with Crippen LogP contribution >= 0.6 is 0 Å². The van der Waals surface area contributed by atoms with Crippen molar-refractivity contribution in [1.29, 1.82) is 0 Å². The van der Waals surface area contributed by atoms with Crippen LogP contribution in [0.4, 0.5) is 0 Å². The third kappa shape index (κ3) is 4.27. The number of sulfonamides is 1. The third-order valence-corrected chi connectivity index (χ3v) is 7.20. The summed E-state index contributed by atoms with van der Waals surface area (Å²) >= 11 is 0. The van der Waals surface area contributed by atoms with Crippen LogP contribution in [0, 0.1) is 17.8 Å². The van der Waals surface area contributed by atoms with Gasteiger partial charge in [-0.3, -0.25) is 4.79 Å². The normalized spacial score (nSPS) is 25.7. The van der Waals surface area contributed by atoms with Crippen LogP contribution in [0.15, 0.2) is 29.2 Å². The van der Waals surface area contributed by atoms with Gasteiger partial charge in [-0.15, -0.1) is 0 Å². The quantitative estimate of drug-likeness (QED) is 0.788. The Morgan fingerprint density at radius 3 is 2.27 bits per heavy atom. The summed E-state index contributed by atoms with van der Waals surface area (Å²) < 4.78 is 27.3. The Morgan fingerprint density at radius 1 is 1.19 bits per heavy atom. The zero-order valence-corrected chi connectivity index (χ0v) is 16.3. The number of piperidine rings is 1. The summed E-state index contributed by atoms with van der Waals surface area (Å²) in [5.74, 6) is 0.992. The Morgan fingerprint density at radius 2 is 1.77 bits per heavy atom. The third-order valence-electron chi connectivity index (χ3n) is 5.35. The van der Waals surface area contributed by atoms with E-state index in [2.05, 4.69) is 19.2 Å². The first-order chi connectivity index (χ1) is 12.3. The minimum atomic E-state index is -3.52. The molecular formula is C19H29N3O3S. The van der Waals surface area contributed by atoms with Crippen LogP contribution in [-0.2, 0) is 10.0 Å². The number of hydrogen-bond acceptors (Lipinski definition) is 4. The van der Waals surface area contributed by atoms with Crippen molar-refractivity contribution in [2.24, 2.45) is 23.5 Å². The number of carbonyl (C=O) groups is 1. The molecule has 0 aromatic heterocycles. The maximum atomic E-state index is 12.9. The van der Waals surface area contributed by atoms with E-state index in [1.54, 1.807) is 16.4 Å². The number of nitrogens with two attached hydrogens (primary N) is 1. The van der Waals surface area contributed by atoms with Crippen LogP contribution in [0.3, 0.4) is 0 Å². The molecule has 144 valence electrons. The first-order valence-electron chi connectivity index (χ1n) is 9.42. The molecule has 3 atom stereocenters. The van der Waals surface area contributed by atoms with Crippen LogP contribution in [0.2, 0.25) is 0 Å². The lowest BCUT2D eigenvalue weighted by Gasteiger charge is -2.34. The number of rotatable bonds is 6. The van der Waals surface area contributed by atoms with Crippen LogP contribution in [0.5, 0.6) is 0 Å². The average Bonchev–Trinajstić information content (AvgIpc) is 3.43. The number of hydrogen-bond donors (Lipinski definition) is 2. The van der Waals surface area contributed by atoms with Crippen molar-refractivity contribution >= 4 is 15.9 Å². The monoisotopic (exact) mass is 379 g/mol. The van der Waals surface area contributed by atoms with E-state index in [-0.39, 0.29) is 16.8 Å². The van der Waals surface area contributed by atoms with E-state index in [9.17, 15) is 13.2 Å². The second-order valence-corrected chi connectivity index (χ2v) is 9.88. The highest BCUT2D eigenvalue weighted by atomic mass is 32.2. The van der Waals surface area contributed by atoms with Crippen LogP contribution in [0.25, 0.3) is 0 Å². The molecule has 6 nitrogen and oxygen atoms in total. The molecule has 0 spiro atoms. The molecule has 3 unspecified atom stereocenters. The van der Waals surface area contributed by atoms with Gasteiger partial charge in [0.05, 0.1) is 4.90 Å². The zero-order valence-electron chi connectivity index (χ0n) is 15.5. The van der Waals surface area contributed by atoms with Gasteiger partial charge < -0.3 is 11.1 Å². The van der Waals surface area contributed by atoms with Gasteiger partial charge in [-0.25, -0.2) is 8.42 Å². The lowest BCUT2D eigenvalue weighted by Crippen LogP contribution is -2.42. The summed E-state index contributed by atoms with van der Waals surface area (Å²) in [7, 11) is -3.52. The van der Waals surface area contributed by atoms with Crippen LogP contribution in [-0.4, -0.2) is 44.3 Å². The van der Waals surface area contributed by atoms with Gasteiger partial charge in [-0.05, 0) is 61.3 Å². The standard InChI is InChI=1S/C19H29N3O3S/c1-13-9-14(2)12-22(11-13)26(24,25)17-7-5-16(6-8-17)19(23)21-18(10-20)15-3-4-15/h5-8,13-15,18H,3-4,9-12,20H2,1-2H3,(H,21,23). The molecule has 1 aromatic rings. The highest BCUT2D eigenvalue weighted by Gasteiger charge is 2.33. The van der Waals surface area contributed by atoms with Crippen molar-refractivity contribution < 1.29 is 13.2 Å². The average molecular weight is 380 g/mol. The van der Waals surface area contributed by atoms with Gasteiger partial charge in [0.25, 0.3) is 5.91 Å². The maximum absolute atomic E-state index is 12.9. The Labute approximate surface area is 156 Å². The van der Waals surface area contributed by atoms with Gasteiger partial charge in [0, 0.05) is 31.2 Å². The Bertz CT molecular complexity index is 734. The van der Waals surface area contributed by atoms with Crippen molar-refractivity contribution in [2.75, 3.05) is 19.6 Å². The zero-order chi connectivity index (χ0) is 18.9. The number of carbonyl (C=O) groups excluding carboxylic acids is 1. The predicted octanol–water partition coefficient (Wildman–Crippen LogP) is 1.82. The summed E-state index contributed by atoms with van der Waals surface area (Å²) in [5.41, 5.74) is 6.19. The predicted molar refractivity (Wildman–Crippen MR) is 101 cm³/mol. The molecule has 3 N–H and O–H groups in total. The minimum absolute atomic E-state index is 0.00207. The van der Waals surface area contributed by atoms with E-state index in [4.69, 9.17) is 5.73 Å². The van der Waals surface area contributed by atoms with Crippen molar-refractivity contribution in [2.45, 2.75) is 44.0 Å². The fourth-order valence-electron chi connectivity index (χ4n) is 3.85. The molecule has 1 aromatic carbocycles. The van der Waals surface area contributed by atoms with E-state index < -0.39 is 10.0 Å². The summed E-state index contributed by atoms with van der Waals surface area (Å²) in [5, 5.41) is 2.95. The molecule has 3 rings (SSSR count). The van der Waals surface area contributed by atoms with Gasteiger partial charge in [-0.2, -0.15) is 4.31 Å². The maximum Gasteiger partial charge on any atom is 0.251 e. The molecule has 1 heterocycles. The summed E-state index contributed by atoms with van der Waals surface area (Å²) in [6, 6.07) is 6.23. The van der Waals surface area contributed by atoms with Gasteiger partial charge in [0.15, 0.2) is 0 Å². The Balaban J connectivity index is 1.71. The Hall–Kier alpha value is -1.44. The highest BCUT2D eigenvalue weighted by Crippen LogP contribution is 2.32. The Kier molecular flexibility index (Phi) is 5.69. The lowest BCUT2D eigenvalue weighted by atomic mass is 9.94. The smallest absolute Gasteiger partial charge is 0.251 e. The number of benzene rings is 1. The molecule has 1 saturated heterocycles. The van der Waals surface area contributed by atoms with E-state index in [0.717, 1.165) is 19.3 Å². The van der Waals surface area contributed by atoms with Crippen molar-refractivity contribution in [3.63, 3.8) is 0 Å². The van der Waals surface area contributed by atoms with E-state index in [0.29, 0.717) is 43.0 Å². The molecule has 1 amide bonds. The van der Waals surface area contributed by atoms with Crippen molar-refractivity contribution in [1.82, 2.24) is 9.62 Å². The molecule has 0 bridgehead atoms. The van der Waals surface area contributed by atoms with Gasteiger partial charge in [-0.1, -0.05) is 13.8 Å². The fraction of sp³-hybridized carbons (Fsp3) is 0.632. The number of nitrogens with one attached hydrogen (secondary N) is 1. The second-order valence-electron chi connectivity index (χ2n) is 7.95. The molecular weight excluding hydrogens is 350 g/mol. The second kappa shape index (κ2) is 7.66. The van der Waals surface area contributed by atoms with Gasteiger partial charge in [0.2, 0.25) is 10.0 Å². The molecule has 1 saturated carbocycles. The summed E-state index contributed by atoms with van der Waals surface area (Å²) in [6.07, 6.45) is 3.26. The summed E-state index contributed by atoms with van der Waals surface area (Å²) in [4.78, 5) is 12.6. The van der Waals surface area contributed by atoms with Crippen molar-refractivity contribution in [3.8, 4) is 0 Å². The number of amides is 1. The van der Waals surface area contributed by atoms with Gasteiger partial charge in [0.1, 0.15) is 0 Å². The van der Waals surface area contributed by atoms with E-state index >= 15 is 0 Å². The molecule has 2 aliphatic rings. The van der Waals surface area contributed by atoms with Crippen LogP contribution < -0.4 is 11.1 Å². The largest absolute Gasteiger partial charge is 0.348 e. The molecule has 1 aliphatic carbocycles. The molecule has 2 fully saturated rings. The van der Waals surface area contributed by atoms with Crippen molar-refractivity contribution in [3.05, 3.63) is 29.8 Å². The lowest BCUT2D eigenvalue weighted by molar-refractivity contribution is 0.0933. The van der Waals surface area contributed by atoms with Crippen LogP contribution in [0.1, 0.15) is 43.5 Å². The summed E-state index contributed by atoms with van der Waals surface area (Å²) in [6.45, 7) is 5.69. The molecule has 26 heavy (non-hydrogen) atoms. The molecule has 1 aliphatic heterocycles. The van der Waals surface area contributed by atoms with E-state index in [1.165, 1.54) is 12.1 Å². The van der Waals surface area contributed by atoms with Gasteiger partial charge >= 0.3 is 0 Å². The minimum Gasteiger partial charge on any atom is -0.348 e. The topological polar surface area (TPSA) is 92.5 Å². The van der Waals surface area contributed by atoms with E-state index in [1.807, 2.05) is 0 Å². The first kappa shape index (κ1) is 19.3. The fourth-order valence-corrected chi connectivity index (χ4v) is 5.53. The molecule has 7 heteroatoms. The SMILES string of the molecule is CC1CC(C)CN(S(=O)(=O)c2ccc(C(=O)NC(CN)C3CC3)cc2)C1. The first-order valence-corrected chi connectivity index (χ1v) is 10.9. The number of nitrogens with zero attached hydrogens (tertiary/aromatic N) is 1.